The summed E-state index contributed by atoms with van der Waals surface area (Å²) in [5.74, 6) is 0. The van der Waals surface area contributed by atoms with Crippen molar-refractivity contribution in [2.45, 2.75) is 19.4 Å². The van der Waals surface area contributed by atoms with Gasteiger partial charge in [-0.1, -0.05) is 6.92 Å². The van der Waals surface area contributed by atoms with Crippen LogP contribution < -0.4 is 0 Å². The second kappa shape index (κ2) is 7.85. The first-order chi connectivity index (χ1) is 4.41. The second-order valence-corrected chi connectivity index (χ2v) is 2.79. The molecule has 0 amide bonds. The zero-order valence-corrected chi connectivity index (χ0v) is 7.05. The van der Waals surface area contributed by atoms with E-state index in [1.165, 1.54) is 0 Å². The van der Waals surface area contributed by atoms with Crippen LogP contribution in [0, 0.1) is 0 Å². The first-order valence-corrected chi connectivity index (χ1v) is 4.27. The van der Waals surface area contributed by atoms with Crippen molar-refractivity contribution >= 4 is 16.0 Å². The lowest BCUT2D eigenvalue weighted by atomic mass is 10.5. The highest BCUT2D eigenvalue weighted by Gasteiger charge is 1.83. The molecule has 0 atom stereocenters. The first-order valence-electron chi connectivity index (χ1n) is 3.16. The van der Waals surface area contributed by atoms with E-state index in [9.17, 15) is 0 Å². The first kappa shape index (κ1) is 8.85. The lowest BCUT2D eigenvalue weighted by Crippen LogP contribution is -1.94. The minimum absolute atomic E-state index is 0.612. The van der Waals surface area contributed by atoms with Gasteiger partial charge < -0.3 is 4.43 Å². The molecule has 3 heteroatoms. The molecule has 0 saturated heterocycles. The topological polar surface area (TPSA) is 21.6 Å². The summed E-state index contributed by atoms with van der Waals surface area (Å²) in [7, 11) is 2.34. The van der Waals surface area contributed by atoms with Crippen molar-refractivity contribution in [2.24, 2.45) is 4.99 Å². The summed E-state index contributed by atoms with van der Waals surface area (Å²) in [5.41, 5.74) is 0. The van der Waals surface area contributed by atoms with Gasteiger partial charge in [-0.05, 0) is 18.7 Å². The SMILES string of the molecule is CCC=NCC[Si]OC. The number of rotatable bonds is 5. The van der Waals surface area contributed by atoms with E-state index in [0.29, 0.717) is 9.76 Å². The van der Waals surface area contributed by atoms with Crippen molar-refractivity contribution in [1.82, 2.24) is 0 Å². The van der Waals surface area contributed by atoms with Crippen LogP contribution in [0.25, 0.3) is 0 Å². The Morgan fingerprint density at radius 3 is 3.00 bits per heavy atom. The van der Waals surface area contributed by atoms with Gasteiger partial charge in [0.1, 0.15) is 0 Å². The normalized spacial score (nSPS) is 10.9. The molecule has 0 bridgehead atoms. The van der Waals surface area contributed by atoms with Gasteiger partial charge in [-0.15, -0.1) is 0 Å². The fraction of sp³-hybridized carbons (Fsp3) is 0.833. The van der Waals surface area contributed by atoms with Crippen LogP contribution in [0.3, 0.4) is 0 Å². The summed E-state index contributed by atoms with van der Waals surface area (Å²) >= 11 is 0. The number of nitrogens with zero attached hydrogens (tertiary/aromatic N) is 1. The van der Waals surface area contributed by atoms with Gasteiger partial charge in [0.25, 0.3) is 0 Å². The predicted octanol–water partition coefficient (Wildman–Crippen LogP) is 1.15. The zero-order valence-electron chi connectivity index (χ0n) is 6.05. The Labute approximate surface area is 59.3 Å². The lowest BCUT2D eigenvalue weighted by Gasteiger charge is -1.89. The fourth-order valence-corrected chi connectivity index (χ4v) is 0.857. The van der Waals surface area contributed by atoms with E-state index in [4.69, 9.17) is 4.43 Å². The molecule has 0 aliphatic heterocycles. The summed E-state index contributed by atoms with van der Waals surface area (Å²) in [4.78, 5) is 4.13. The van der Waals surface area contributed by atoms with Crippen LogP contribution in [0.5, 0.6) is 0 Å². The maximum Gasteiger partial charge on any atom is 0.230 e. The minimum Gasteiger partial charge on any atom is -0.421 e. The third-order valence-electron chi connectivity index (χ3n) is 0.799. The quantitative estimate of drug-likeness (QED) is 0.321. The molecule has 0 unspecified atom stereocenters. The maximum absolute atomic E-state index is 4.88. The second-order valence-electron chi connectivity index (χ2n) is 1.60. The Hall–Kier alpha value is -0.153. The van der Waals surface area contributed by atoms with E-state index in [1.54, 1.807) is 7.11 Å². The third-order valence-corrected chi connectivity index (χ3v) is 1.52. The molecule has 9 heavy (non-hydrogen) atoms. The summed E-state index contributed by atoms with van der Waals surface area (Å²) in [6.07, 6.45) is 2.98. The number of hydrogen-bond acceptors (Lipinski definition) is 2. The molecule has 0 N–H and O–H groups in total. The molecule has 0 rings (SSSR count). The Morgan fingerprint density at radius 2 is 2.44 bits per heavy atom. The van der Waals surface area contributed by atoms with Crippen LogP contribution in [-0.4, -0.2) is 29.6 Å². The highest BCUT2D eigenvalue weighted by Crippen LogP contribution is 1.80. The number of aliphatic imine (C=N–C) groups is 1. The third kappa shape index (κ3) is 7.85. The lowest BCUT2D eigenvalue weighted by molar-refractivity contribution is 0.441. The van der Waals surface area contributed by atoms with Gasteiger partial charge in [0, 0.05) is 13.7 Å². The standard InChI is InChI=1S/C6H13NOSi/c1-3-4-7-5-6-9-8-2/h4H,3,5-6H2,1-2H3. The molecular weight excluding hydrogens is 130 g/mol. The molecular formula is C6H13NOSi. The van der Waals surface area contributed by atoms with Crippen LogP contribution >= 0.6 is 0 Å². The molecule has 0 saturated carbocycles. The van der Waals surface area contributed by atoms with E-state index in [2.05, 4.69) is 11.9 Å². The van der Waals surface area contributed by atoms with Crippen LogP contribution in [-0.2, 0) is 4.43 Å². The smallest absolute Gasteiger partial charge is 0.230 e. The zero-order chi connectivity index (χ0) is 6.95. The van der Waals surface area contributed by atoms with Crippen molar-refractivity contribution in [3.63, 3.8) is 0 Å². The fourth-order valence-electron chi connectivity index (χ4n) is 0.433. The van der Waals surface area contributed by atoms with Crippen molar-refractivity contribution in [3.05, 3.63) is 0 Å². The Kier molecular flexibility index (Phi) is 7.71. The molecule has 0 aromatic carbocycles. The maximum atomic E-state index is 4.88. The summed E-state index contributed by atoms with van der Waals surface area (Å²) in [5, 5.41) is 0. The van der Waals surface area contributed by atoms with Gasteiger partial charge in [0.2, 0.25) is 9.76 Å². The molecule has 0 aromatic heterocycles. The molecule has 0 fully saturated rings. The summed E-state index contributed by atoms with van der Waals surface area (Å²) < 4.78 is 4.88. The van der Waals surface area contributed by atoms with E-state index in [0.717, 1.165) is 19.0 Å². The van der Waals surface area contributed by atoms with Crippen LogP contribution in [0.4, 0.5) is 0 Å². The van der Waals surface area contributed by atoms with Gasteiger partial charge in [-0.25, -0.2) is 0 Å². The Morgan fingerprint density at radius 1 is 1.67 bits per heavy atom. The van der Waals surface area contributed by atoms with Crippen LogP contribution in [0.15, 0.2) is 4.99 Å². The molecule has 52 valence electrons. The van der Waals surface area contributed by atoms with Crippen LogP contribution in [0.1, 0.15) is 13.3 Å². The van der Waals surface area contributed by atoms with E-state index < -0.39 is 0 Å². The predicted molar refractivity (Wildman–Crippen MR) is 41.2 cm³/mol. The van der Waals surface area contributed by atoms with Gasteiger partial charge >= 0.3 is 0 Å². The van der Waals surface area contributed by atoms with Crippen molar-refractivity contribution < 1.29 is 4.43 Å². The van der Waals surface area contributed by atoms with Gasteiger partial charge in [-0.2, -0.15) is 0 Å². The van der Waals surface area contributed by atoms with Gasteiger partial charge in [0.15, 0.2) is 0 Å². The molecule has 0 aliphatic carbocycles. The molecule has 0 spiro atoms. The Balaban J connectivity index is 2.82. The monoisotopic (exact) mass is 143 g/mol. The molecule has 0 aromatic rings. The van der Waals surface area contributed by atoms with E-state index in [1.807, 2.05) is 6.21 Å². The summed E-state index contributed by atoms with van der Waals surface area (Å²) in [6.45, 7) is 3.00. The largest absolute Gasteiger partial charge is 0.421 e. The van der Waals surface area contributed by atoms with Crippen molar-refractivity contribution in [3.8, 4) is 0 Å². The van der Waals surface area contributed by atoms with Crippen molar-refractivity contribution in [1.29, 1.82) is 0 Å². The number of hydrogen-bond donors (Lipinski definition) is 0. The van der Waals surface area contributed by atoms with Crippen LogP contribution in [0.2, 0.25) is 6.04 Å². The molecule has 2 radical (unpaired) electrons. The minimum atomic E-state index is 0.612. The van der Waals surface area contributed by atoms with Gasteiger partial charge in [-0.3, -0.25) is 4.99 Å². The van der Waals surface area contributed by atoms with Crippen molar-refractivity contribution in [2.75, 3.05) is 13.7 Å². The molecule has 0 aliphatic rings. The average molecular weight is 143 g/mol. The highest BCUT2D eigenvalue weighted by molar-refractivity contribution is 6.27. The Bertz CT molecular complexity index is 75.5. The average Bonchev–Trinajstić information content (AvgIpc) is 1.89. The van der Waals surface area contributed by atoms with E-state index in [-0.39, 0.29) is 0 Å². The molecule has 2 nitrogen and oxygen atoms in total. The summed E-state index contributed by atoms with van der Waals surface area (Å²) in [6, 6.07) is 1.06. The van der Waals surface area contributed by atoms with E-state index >= 15 is 0 Å². The van der Waals surface area contributed by atoms with Gasteiger partial charge in [0.05, 0.1) is 0 Å². The molecule has 0 heterocycles. The highest BCUT2D eigenvalue weighted by atomic mass is 28.2.